The van der Waals surface area contributed by atoms with Crippen molar-refractivity contribution in [3.05, 3.63) is 59.0 Å². The number of thiazole rings is 1. The Hall–Kier alpha value is -2.44. The van der Waals surface area contributed by atoms with Gasteiger partial charge in [-0.1, -0.05) is 12.1 Å². The summed E-state index contributed by atoms with van der Waals surface area (Å²) >= 11 is 1.52. The van der Waals surface area contributed by atoms with Crippen LogP contribution in [0.2, 0.25) is 0 Å². The Balaban J connectivity index is 1.60. The van der Waals surface area contributed by atoms with E-state index in [4.69, 9.17) is 4.42 Å². The number of furan rings is 1. The lowest BCUT2D eigenvalue weighted by atomic mass is 10.0. The van der Waals surface area contributed by atoms with Gasteiger partial charge in [-0.05, 0) is 44.2 Å². The number of carbonyl (C=O) groups is 1. The standard InChI is InChI=1S/C18H18N2O3S/c1-12-7-8-15(23-12)18(2,22)11-19-16(21)9-10-17-20-13-5-3-4-6-14(13)24-17/h3-10,22H,11H2,1-2H3,(H,19,21)/b10-9+. The van der Waals surface area contributed by atoms with Gasteiger partial charge in [0.25, 0.3) is 0 Å². The van der Waals surface area contributed by atoms with Crippen molar-refractivity contribution < 1.29 is 14.3 Å². The maximum atomic E-state index is 12.0. The van der Waals surface area contributed by atoms with E-state index in [-0.39, 0.29) is 12.5 Å². The summed E-state index contributed by atoms with van der Waals surface area (Å²) in [7, 11) is 0. The second-order valence-electron chi connectivity index (χ2n) is 5.76. The number of hydrogen-bond donors (Lipinski definition) is 2. The Morgan fingerprint density at radius 1 is 1.38 bits per heavy atom. The van der Waals surface area contributed by atoms with Crippen LogP contribution >= 0.6 is 11.3 Å². The molecule has 1 amide bonds. The molecular formula is C18H18N2O3S. The first-order valence-electron chi connectivity index (χ1n) is 7.55. The maximum absolute atomic E-state index is 12.0. The number of nitrogens with one attached hydrogen (secondary N) is 1. The van der Waals surface area contributed by atoms with E-state index in [1.165, 1.54) is 17.4 Å². The Bertz CT molecular complexity index is 859. The molecule has 3 rings (SSSR count). The third kappa shape index (κ3) is 3.72. The number of carbonyl (C=O) groups excluding carboxylic acids is 1. The van der Waals surface area contributed by atoms with Crippen LogP contribution in [-0.4, -0.2) is 22.5 Å². The van der Waals surface area contributed by atoms with E-state index in [9.17, 15) is 9.90 Å². The molecular weight excluding hydrogens is 324 g/mol. The fourth-order valence-corrected chi connectivity index (χ4v) is 3.11. The van der Waals surface area contributed by atoms with Crippen molar-refractivity contribution in [1.29, 1.82) is 0 Å². The Morgan fingerprint density at radius 2 is 2.17 bits per heavy atom. The number of rotatable bonds is 5. The second kappa shape index (κ2) is 6.59. The quantitative estimate of drug-likeness (QED) is 0.698. The van der Waals surface area contributed by atoms with Gasteiger partial charge in [0.1, 0.15) is 22.1 Å². The number of amides is 1. The predicted octanol–water partition coefficient (Wildman–Crippen LogP) is 3.23. The fraction of sp³-hybridized carbons (Fsp3) is 0.222. The molecule has 0 saturated heterocycles. The number of benzene rings is 1. The molecule has 0 aliphatic heterocycles. The zero-order valence-corrected chi connectivity index (χ0v) is 14.3. The molecule has 0 bridgehead atoms. The van der Waals surface area contributed by atoms with Gasteiger partial charge < -0.3 is 14.8 Å². The topological polar surface area (TPSA) is 75.4 Å². The molecule has 3 aromatic rings. The summed E-state index contributed by atoms with van der Waals surface area (Å²) < 4.78 is 6.49. The van der Waals surface area contributed by atoms with Crippen LogP contribution in [-0.2, 0) is 10.4 Å². The van der Waals surface area contributed by atoms with Crippen molar-refractivity contribution in [2.24, 2.45) is 0 Å². The molecule has 124 valence electrons. The van der Waals surface area contributed by atoms with E-state index in [1.807, 2.05) is 24.3 Å². The van der Waals surface area contributed by atoms with Gasteiger partial charge in [-0.3, -0.25) is 4.79 Å². The van der Waals surface area contributed by atoms with E-state index >= 15 is 0 Å². The molecule has 6 heteroatoms. The Morgan fingerprint density at radius 3 is 2.88 bits per heavy atom. The highest BCUT2D eigenvalue weighted by atomic mass is 32.1. The lowest BCUT2D eigenvalue weighted by molar-refractivity contribution is -0.117. The van der Waals surface area contributed by atoms with E-state index in [0.29, 0.717) is 11.5 Å². The third-order valence-corrected chi connectivity index (χ3v) is 4.57. The number of aliphatic hydroxyl groups is 1. The summed E-state index contributed by atoms with van der Waals surface area (Å²) in [6.07, 6.45) is 3.09. The van der Waals surface area contributed by atoms with Gasteiger partial charge in [-0.25, -0.2) is 4.98 Å². The minimum absolute atomic E-state index is 0.0585. The van der Waals surface area contributed by atoms with Crippen LogP contribution in [0.4, 0.5) is 0 Å². The maximum Gasteiger partial charge on any atom is 0.244 e. The number of para-hydroxylation sites is 1. The number of nitrogens with zero attached hydrogens (tertiary/aromatic N) is 1. The number of aromatic nitrogens is 1. The first-order chi connectivity index (χ1) is 11.4. The smallest absolute Gasteiger partial charge is 0.244 e. The summed E-state index contributed by atoms with van der Waals surface area (Å²) in [6.45, 7) is 3.46. The van der Waals surface area contributed by atoms with Crippen LogP contribution in [0.5, 0.6) is 0 Å². The van der Waals surface area contributed by atoms with E-state index in [1.54, 1.807) is 32.1 Å². The second-order valence-corrected chi connectivity index (χ2v) is 6.82. The summed E-state index contributed by atoms with van der Waals surface area (Å²) in [5.74, 6) is 0.848. The van der Waals surface area contributed by atoms with Crippen molar-refractivity contribution >= 4 is 33.5 Å². The summed E-state index contributed by atoms with van der Waals surface area (Å²) in [6, 6.07) is 11.3. The lowest BCUT2D eigenvalue weighted by Crippen LogP contribution is -2.37. The van der Waals surface area contributed by atoms with Gasteiger partial charge in [-0.15, -0.1) is 11.3 Å². The van der Waals surface area contributed by atoms with Crippen molar-refractivity contribution in [3.8, 4) is 0 Å². The molecule has 0 radical (unpaired) electrons. The van der Waals surface area contributed by atoms with Gasteiger partial charge >= 0.3 is 0 Å². The molecule has 0 fully saturated rings. The van der Waals surface area contributed by atoms with Crippen molar-refractivity contribution in [2.45, 2.75) is 19.4 Å². The van der Waals surface area contributed by atoms with E-state index < -0.39 is 5.60 Å². The van der Waals surface area contributed by atoms with Gasteiger partial charge in [0.05, 0.1) is 16.8 Å². The normalized spacial score (nSPS) is 14.1. The van der Waals surface area contributed by atoms with Crippen LogP contribution in [0.3, 0.4) is 0 Å². The molecule has 0 aliphatic carbocycles. The molecule has 2 aromatic heterocycles. The molecule has 0 spiro atoms. The highest BCUT2D eigenvalue weighted by Gasteiger charge is 2.27. The van der Waals surface area contributed by atoms with Crippen LogP contribution < -0.4 is 5.32 Å². The summed E-state index contributed by atoms with van der Waals surface area (Å²) in [5.41, 5.74) is -0.341. The van der Waals surface area contributed by atoms with Gasteiger partial charge in [-0.2, -0.15) is 0 Å². The molecule has 2 heterocycles. The lowest BCUT2D eigenvalue weighted by Gasteiger charge is -2.20. The average molecular weight is 342 g/mol. The van der Waals surface area contributed by atoms with E-state index in [2.05, 4.69) is 10.3 Å². The van der Waals surface area contributed by atoms with Crippen molar-refractivity contribution in [2.75, 3.05) is 6.54 Å². The summed E-state index contributed by atoms with van der Waals surface area (Å²) in [4.78, 5) is 16.4. The van der Waals surface area contributed by atoms with Crippen molar-refractivity contribution in [1.82, 2.24) is 10.3 Å². The number of hydrogen-bond acceptors (Lipinski definition) is 5. The predicted molar refractivity (Wildman–Crippen MR) is 94.7 cm³/mol. The molecule has 1 unspecified atom stereocenters. The minimum Gasteiger partial charge on any atom is -0.463 e. The van der Waals surface area contributed by atoms with Crippen LogP contribution in [0.25, 0.3) is 16.3 Å². The third-order valence-electron chi connectivity index (χ3n) is 3.57. The monoisotopic (exact) mass is 342 g/mol. The highest BCUT2D eigenvalue weighted by Crippen LogP contribution is 2.23. The number of aryl methyl sites for hydroxylation is 1. The SMILES string of the molecule is Cc1ccc(C(C)(O)CNC(=O)/C=C/c2nc3ccccc3s2)o1. The summed E-state index contributed by atoms with van der Waals surface area (Å²) in [5, 5.41) is 13.8. The van der Waals surface area contributed by atoms with Gasteiger partial charge in [0, 0.05) is 6.08 Å². The Labute approximate surface area is 143 Å². The van der Waals surface area contributed by atoms with Gasteiger partial charge in [0.2, 0.25) is 5.91 Å². The molecule has 24 heavy (non-hydrogen) atoms. The average Bonchev–Trinajstić information content (AvgIpc) is 3.17. The van der Waals surface area contributed by atoms with Crippen LogP contribution in [0.15, 0.2) is 46.9 Å². The largest absolute Gasteiger partial charge is 0.463 e. The van der Waals surface area contributed by atoms with Crippen molar-refractivity contribution in [3.63, 3.8) is 0 Å². The molecule has 1 atom stereocenters. The molecule has 1 aromatic carbocycles. The molecule has 0 aliphatic rings. The first-order valence-corrected chi connectivity index (χ1v) is 8.36. The Kier molecular flexibility index (Phi) is 4.51. The molecule has 5 nitrogen and oxygen atoms in total. The highest BCUT2D eigenvalue weighted by molar-refractivity contribution is 7.19. The van der Waals surface area contributed by atoms with Gasteiger partial charge in [0.15, 0.2) is 0 Å². The van der Waals surface area contributed by atoms with E-state index in [0.717, 1.165) is 15.2 Å². The zero-order chi connectivity index (χ0) is 17.2. The number of fused-ring (bicyclic) bond motifs is 1. The minimum atomic E-state index is -1.26. The molecule has 0 saturated carbocycles. The van der Waals surface area contributed by atoms with Crippen LogP contribution in [0, 0.1) is 6.92 Å². The first kappa shape index (κ1) is 16.4. The fourth-order valence-electron chi connectivity index (χ4n) is 2.24. The zero-order valence-electron chi connectivity index (χ0n) is 13.4. The van der Waals surface area contributed by atoms with Crippen LogP contribution in [0.1, 0.15) is 23.5 Å². The molecule has 2 N–H and O–H groups in total.